The minimum absolute atomic E-state index is 0.0481. The monoisotopic (exact) mass is 377 g/mol. The van der Waals surface area contributed by atoms with Crippen molar-refractivity contribution in [3.63, 3.8) is 0 Å². The number of nitrogens with zero attached hydrogens (tertiary/aromatic N) is 2. The first-order valence-electron chi connectivity index (χ1n) is 9.48. The molecule has 3 heterocycles. The highest BCUT2D eigenvalue weighted by Gasteiger charge is 2.25. The second-order valence-electron chi connectivity index (χ2n) is 6.99. The molecule has 6 nitrogen and oxygen atoms in total. The predicted molar refractivity (Wildman–Crippen MR) is 106 cm³/mol. The van der Waals surface area contributed by atoms with Crippen molar-refractivity contribution in [1.29, 1.82) is 0 Å². The zero-order valence-electron chi connectivity index (χ0n) is 15.6. The second kappa shape index (κ2) is 8.71. The molecule has 1 amide bonds. The molecule has 1 aliphatic rings. The number of anilines is 1. The van der Waals surface area contributed by atoms with E-state index in [0.29, 0.717) is 11.5 Å². The average Bonchev–Trinajstić information content (AvgIpc) is 3.24. The van der Waals surface area contributed by atoms with Crippen LogP contribution >= 0.6 is 0 Å². The molecule has 144 valence electrons. The van der Waals surface area contributed by atoms with Gasteiger partial charge in [-0.15, -0.1) is 0 Å². The Morgan fingerprint density at radius 1 is 1.14 bits per heavy atom. The van der Waals surface area contributed by atoms with Crippen LogP contribution in [0.5, 0.6) is 11.5 Å². The second-order valence-corrected chi connectivity index (χ2v) is 6.99. The van der Waals surface area contributed by atoms with Gasteiger partial charge in [-0.25, -0.2) is 0 Å². The number of hydrogen-bond donors (Lipinski definition) is 1. The fourth-order valence-electron chi connectivity index (χ4n) is 3.39. The molecule has 1 N–H and O–H groups in total. The smallest absolute Gasteiger partial charge is 0.227 e. The maximum atomic E-state index is 12.6. The molecule has 28 heavy (non-hydrogen) atoms. The lowest BCUT2D eigenvalue weighted by molar-refractivity contribution is -0.121. The van der Waals surface area contributed by atoms with Crippen molar-refractivity contribution in [3.05, 3.63) is 72.9 Å². The summed E-state index contributed by atoms with van der Waals surface area (Å²) in [6.45, 7) is 2.71. The average molecular weight is 377 g/mol. The molecular formula is C22H23N3O3. The Labute approximate surface area is 164 Å². The molecule has 1 saturated heterocycles. The number of furan rings is 1. The van der Waals surface area contributed by atoms with Crippen molar-refractivity contribution in [2.24, 2.45) is 5.92 Å². The number of nitrogens with one attached hydrogen (secondary N) is 1. The highest BCUT2D eigenvalue weighted by Crippen LogP contribution is 2.24. The molecule has 0 aliphatic carbocycles. The molecule has 0 spiro atoms. The van der Waals surface area contributed by atoms with Crippen molar-refractivity contribution < 1.29 is 13.9 Å². The normalized spacial score (nSPS) is 15.3. The van der Waals surface area contributed by atoms with Gasteiger partial charge in [0.25, 0.3) is 0 Å². The van der Waals surface area contributed by atoms with Crippen LogP contribution in [0.15, 0.2) is 71.8 Å². The first kappa shape index (κ1) is 18.3. The quantitative estimate of drug-likeness (QED) is 0.693. The number of hydrogen-bond acceptors (Lipinski definition) is 5. The van der Waals surface area contributed by atoms with Gasteiger partial charge in [-0.1, -0.05) is 0 Å². The van der Waals surface area contributed by atoms with Crippen LogP contribution in [0.1, 0.15) is 18.4 Å². The standard InChI is InChI=1S/C22H23N3O3/c26-22(18-7-11-25(12-8-18)15-17-9-13-27-16-17)24-19-3-5-20(6-4-19)28-21-2-1-10-23-14-21/h1-6,9-10,13-14,16,18H,7-8,11-12,15H2,(H,24,26). The third-order valence-corrected chi connectivity index (χ3v) is 4.94. The SMILES string of the molecule is O=C(Nc1ccc(Oc2cccnc2)cc1)C1CCN(Cc2ccoc2)CC1. The first-order chi connectivity index (χ1) is 13.8. The van der Waals surface area contributed by atoms with Gasteiger partial charge in [-0.2, -0.15) is 0 Å². The maximum absolute atomic E-state index is 12.6. The minimum atomic E-state index is 0.0481. The van der Waals surface area contributed by atoms with Crippen LogP contribution in [0.4, 0.5) is 5.69 Å². The van der Waals surface area contributed by atoms with E-state index in [9.17, 15) is 4.79 Å². The van der Waals surface area contributed by atoms with Gasteiger partial charge in [0.2, 0.25) is 5.91 Å². The Balaban J connectivity index is 1.26. The number of piperidine rings is 1. The van der Waals surface area contributed by atoms with E-state index in [4.69, 9.17) is 9.15 Å². The van der Waals surface area contributed by atoms with Gasteiger partial charge >= 0.3 is 0 Å². The molecular weight excluding hydrogens is 354 g/mol. The van der Waals surface area contributed by atoms with Gasteiger partial charge in [0.05, 0.1) is 18.7 Å². The summed E-state index contributed by atoms with van der Waals surface area (Å²) >= 11 is 0. The maximum Gasteiger partial charge on any atom is 0.227 e. The zero-order chi connectivity index (χ0) is 19.2. The van der Waals surface area contributed by atoms with Crippen molar-refractivity contribution in [1.82, 2.24) is 9.88 Å². The molecule has 1 aliphatic heterocycles. The van der Waals surface area contributed by atoms with Crippen LogP contribution in [0.3, 0.4) is 0 Å². The van der Waals surface area contributed by atoms with E-state index < -0.39 is 0 Å². The summed E-state index contributed by atoms with van der Waals surface area (Å²) in [6.07, 6.45) is 8.57. The van der Waals surface area contributed by atoms with E-state index in [0.717, 1.165) is 38.2 Å². The number of pyridine rings is 1. The van der Waals surface area contributed by atoms with Crippen LogP contribution < -0.4 is 10.1 Å². The van der Waals surface area contributed by atoms with Crippen LogP contribution in [0.2, 0.25) is 0 Å². The molecule has 0 unspecified atom stereocenters. The highest BCUT2D eigenvalue weighted by molar-refractivity contribution is 5.92. The van der Waals surface area contributed by atoms with E-state index >= 15 is 0 Å². The number of carbonyl (C=O) groups is 1. The van der Waals surface area contributed by atoms with E-state index in [1.54, 1.807) is 24.9 Å². The van der Waals surface area contributed by atoms with Gasteiger partial charge < -0.3 is 14.5 Å². The van der Waals surface area contributed by atoms with Crippen molar-refractivity contribution >= 4 is 11.6 Å². The van der Waals surface area contributed by atoms with Gasteiger partial charge in [0, 0.05) is 29.9 Å². The lowest BCUT2D eigenvalue weighted by atomic mass is 9.95. The summed E-state index contributed by atoms with van der Waals surface area (Å²) < 4.78 is 10.8. The summed E-state index contributed by atoms with van der Waals surface area (Å²) in [5, 5.41) is 3.02. The van der Waals surface area contributed by atoms with Crippen LogP contribution in [0.25, 0.3) is 0 Å². The van der Waals surface area contributed by atoms with E-state index in [1.165, 1.54) is 5.56 Å². The molecule has 1 aromatic carbocycles. The number of aromatic nitrogens is 1. The number of likely N-dealkylation sites (tertiary alicyclic amines) is 1. The largest absolute Gasteiger partial charge is 0.472 e. The Morgan fingerprint density at radius 2 is 1.96 bits per heavy atom. The molecule has 3 aromatic rings. The van der Waals surface area contributed by atoms with Crippen LogP contribution in [-0.4, -0.2) is 28.9 Å². The van der Waals surface area contributed by atoms with Crippen molar-refractivity contribution in [2.75, 3.05) is 18.4 Å². The topological polar surface area (TPSA) is 67.6 Å². The van der Waals surface area contributed by atoms with Gasteiger partial charge in [0.15, 0.2) is 0 Å². The fourth-order valence-corrected chi connectivity index (χ4v) is 3.39. The Kier molecular flexibility index (Phi) is 5.68. The van der Waals surface area contributed by atoms with Crippen LogP contribution in [0, 0.1) is 5.92 Å². The number of rotatable bonds is 6. The van der Waals surface area contributed by atoms with Gasteiger partial charge in [-0.3, -0.25) is 14.7 Å². The Morgan fingerprint density at radius 3 is 2.64 bits per heavy atom. The molecule has 0 atom stereocenters. The molecule has 6 heteroatoms. The Hall–Kier alpha value is -3.12. The van der Waals surface area contributed by atoms with E-state index in [2.05, 4.69) is 15.2 Å². The van der Waals surface area contributed by atoms with E-state index in [-0.39, 0.29) is 11.8 Å². The summed E-state index contributed by atoms with van der Waals surface area (Å²) in [5.41, 5.74) is 1.96. The number of benzene rings is 1. The third kappa shape index (κ3) is 4.78. The summed E-state index contributed by atoms with van der Waals surface area (Å²) in [4.78, 5) is 19.0. The third-order valence-electron chi connectivity index (χ3n) is 4.94. The van der Waals surface area contributed by atoms with Gasteiger partial charge in [0.1, 0.15) is 11.5 Å². The van der Waals surface area contributed by atoms with Crippen LogP contribution in [-0.2, 0) is 11.3 Å². The highest BCUT2D eigenvalue weighted by atomic mass is 16.5. The lowest BCUT2D eigenvalue weighted by Gasteiger charge is -2.30. The predicted octanol–water partition coefficient (Wildman–Crippen LogP) is 4.32. The molecule has 0 saturated carbocycles. The molecule has 0 bridgehead atoms. The van der Waals surface area contributed by atoms with E-state index in [1.807, 2.05) is 42.5 Å². The van der Waals surface area contributed by atoms with Gasteiger partial charge in [-0.05, 0) is 68.4 Å². The fraction of sp³-hybridized carbons (Fsp3) is 0.273. The molecule has 1 fully saturated rings. The lowest BCUT2D eigenvalue weighted by Crippen LogP contribution is -2.37. The van der Waals surface area contributed by atoms with Crippen molar-refractivity contribution in [2.45, 2.75) is 19.4 Å². The molecule has 2 aromatic heterocycles. The van der Waals surface area contributed by atoms with Crippen molar-refractivity contribution in [3.8, 4) is 11.5 Å². The molecule has 4 rings (SSSR count). The summed E-state index contributed by atoms with van der Waals surface area (Å²) in [6, 6.07) is 13.1. The summed E-state index contributed by atoms with van der Waals surface area (Å²) in [5.74, 6) is 1.52. The number of carbonyl (C=O) groups excluding carboxylic acids is 1. The number of ether oxygens (including phenoxy) is 1. The zero-order valence-corrected chi connectivity index (χ0v) is 15.6. The summed E-state index contributed by atoms with van der Waals surface area (Å²) in [7, 11) is 0. The Bertz CT molecular complexity index is 871. The first-order valence-corrected chi connectivity index (χ1v) is 9.48. The number of amides is 1. The minimum Gasteiger partial charge on any atom is -0.472 e. The molecule has 0 radical (unpaired) electrons.